The van der Waals surface area contributed by atoms with E-state index in [9.17, 15) is 4.39 Å². The van der Waals surface area contributed by atoms with Crippen LogP contribution in [0.2, 0.25) is 0 Å². The molecule has 1 fully saturated rings. The first-order valence-electron chi connectivity index (χ1n) is 6.10. The van der Waals surface area contributed by atoms with Gasteiger partial charge in [0.2, 0.25) is 0 Å². The molecule has 0 atom stereocenters. The van der Waals surface area contributed by atoms with Crippen molar-refractivity contribution in [1.29, 1.82) is 0 Å². The average molecular weight is 326 g/mol. The number of anilines is 1. The van der Waals surface area contributed by atoms with Crippen molar-refractivity contribution in [2.75, 3.05) is 5.73 Å². The van der Waals surface area contributed by atoms with Gasteiger partial charge in [0, 0.05) is 11.6 Å². The van der Waals surface area contributed by atoms with Gasteiger partial charge in [-0.15, -0.1) is 0 Å². The second-order valence-corrected chi connectivity index (χ2v) is 5.50. The predicted octanol–water partition coefficient (Wildman–Crippen LogP) is 3.49. The van der Waals surface area contributed by atoms with E-state index < -0.39 is 0 Å². The van der Waals surface area contributed by atoms with E-state index in [0.717, 1.165) is 12.8 Å². The Morgan fingerprint density at radius 2 is 2.16 bits per heavy atom. The van der Waals surface area contributed by atoms with Crippen LogP contribution < -0.4 is 10.5 Å². The maximum Gasteiger partial charge on any atom is 0.145 e. The molecule has 2 aromatic rings. The lowest BCUT2D eigenvalue weighted by atomic mass is 9.96. The van der Waals surface area contributed by atoms with Gasteiger partial charge in [-0.25, -0.2) is 4.39 Å². The maximum atomic E-state index is 13.6. The van der Waals surface area contributed by atoms with E-state index in [1.165, 1.54) is 18.6 Å². The number of benzene rings is 1. The Kier molecular flexibility index (Phi) is 3.18. The van der Waals surface area contributed by atoms with Crippen LogP contribution in [0.25, 0.3) is 11.3 Å². The van der Waals surface area contributed by atoms with Crippen LogP contribution in [0.3, 0.4) is 0 Å². The first-order valence-corrected chi connectivity index (χ1v) is 6.90. The molecule has 3 N–H and O–H groups in total. The molecule has 0 unspecified atom stereocenters. The summed E-state index contributed by atoms with van der Waals surface area (Å²) in [6.07, 6.45) is 3.46. The van der Waals surface area contributed by atoms with Crippen LogP contribution >= 0.6 is 15.9 Å². The quantitative estimate of drug-likeness (QED) is 0.907. The number of nitrogens with two attached hydrogens (primary N) is 1. The van der Waals surface area contributed by atoms with Gasteiger partial charge in [-0.3, -0.25) is 5.10 Å². The van der Waals surface area contributed by atoms with Gasteiger partial charge in [0.25, 0.3) is 0 Å². The third-order valence-electron chi connectivity index (χ3n) is 3.23. The molecule has 1 aromatic carbocycles. The number of ether oxygens (including phenoxy) is 1. The second kappa shape index (κ2) is 4.85. The van der Waals surface area contributed by atoms with E-state index >= 15 is 0 Å². The van der Waals surface area contributed by atoms with Crippen LogP contribution in [0.5, 0.6) is 5.75 Å². The van der Waals surface area contributed by atoms with E-state index in [0.29, 0.717) is 27.3 Å². The average Bonchev–Trinajstić information content (AvgIpc) is 2.71. The summed E-state index contributed by atoms with van der Waals surface area (Å²) in [7, 11) is 0. The van der Waals surface area contributed by atoms with E-state index in [2.05, 4.69) is 26.1 Å². The molecule has 0 bridgehead atoms. The fraction of sp³-hybridized carbons (Fsp3) is 0.308. The van der Waals surface area contributed by atoms with Gasteiger partial charge in [0.1, 0.15) is 17.4 Å². The van der Waals surface area contributed by atoms with E-state index in [1.807, 2.05) is 0 Å². The molecule has 0 saturated heterocycles. The van der Waals surface area contributed by atoms with Crippen molar-refractivity contribution in [1.82, 2.24) is 10.2 Å². The van der Waals surface area contributed by atoms with Crippen LogP contribution in [-0.4, -0.2) is 16.3 Å². The topological polar surface area (TPSA) is 63.9 Å². The Hall–Kier alpha value is -1.56. The van der Waals surface area contributed by atoms with Crippen molar-refractivity contribution < 1.29 is 9.13 Å². The number of nitrogen functional groups attached to an aromatic ring is 1. The standard InChI is InChI=1S/C13H13BrFN3O/c14-10-5-7(15)4-9(11-6-12(16)18-17-11)13(10)19-8-2-1-3-8/h4-6,8H,1-3H2,(H3,16,17,18). The number of rotatable bonds is 3. The Bertz CT molecular complexity index is 610. The Labute approximate surface area is 118 Å². The number of hydrogen-bond acceptors (Lipinski definition) is 3. The number of H-pyrrole nitrogens is 1. The Morgan fingerprint density at radius 1 is 1.37 bits per heavy atom. The minimum Gasteiger partial charge on any atom is -0.489 e. The molecule has 0 amide bonds. The monoisotopic (exact) mass is 325 g/mol. The van der Waals surface area contributed by atoms with Gasteiger partial charge in [-0.05, 0) is 47.3 Å². The van der Waals surface area contributed by atoms with E-state index in [1.54, 1.807) is 6.07 Å². The molecule has 0 radical (unpaired) electrons. The molecule has 1 saturated carbocycles. The highest BCUT2D eigenvalue weighted by Gasteiger charge is 2.23. The number of halogens is 2. The van der Waals surface area contributed by atoms with Gasteiger partial charge in [0.05, 0.1) is 16.3 Å². The number of hydrogen-bond donors (Lipinski definition) is 2. The molecular formula is C13H13BrFN3O. The molecule has 4 nitrogen and oxygen atoms in total. The molecule has 1 aliphatic carbocycles. The van der Waals surface area contributed by atoms with Gasteiger partial charge >= 0.3 is 0 Å². The largest absolute Gasteiger partial charge is 0.489 e. The molecule has 1 heterocycles. The van der Waals surface area contributed by atoms with Crippen LogP contribution in [0, 0.1) is 5.82 Å². The number of aromatic nitrogens is 2. The summed E-state index contributed by atoms with van der Waals surface area (Å²) in [4.78, 5) is 0. The smallest absolute Gasteiger partial charge is 0.145 e. The molecule has 19 heavy (non-hydrogen) atoms. The van der Waals surface area contributed by atoms with Crippen molar-refractivity contribution in [3.8, 4) is 17.0 Å². The van der Waals surface area contributed by atoms with Gasteiger partial charge in [0.15, 0.2) is 0 Å². The summed E-state index contributed by atoms with van der Waals surface area (Å²) in [6.45, 7) is 0. The Balaban J connectivity index is 2.04. The lowest BCUT2D eigenvalue weighted by molar-refractivity contribution is 0.120. The van der Waals surface area contributed by atoms with Crippen LogP contribution in [0.4, 0.5) is 10.2 Å². The number of nitrogens with one attached hydrogen (secondary N) is 1. The zero-order valence-corrected chi connectivity index (χ0v) is 11.7. The number of nitrogens with zero attached hydrogens (tertiary/aromatic N) is 1. The van der Waals surface area contributed by atoms with Crippen molar-refractivity contribution in [3.05, 3.63) is 28.5 Å². The summed E-state index contributed by atoms with van der Waals surface area (Å²) < 4.78 is 20.1. The molecular weight excluding hydrogens is 313 g/mol. The second-order valence-electron chi connectivity index (χ2n) is 4.64. The lowest BCUT2D eigenvalue weighted by Gasteiger charge is -2.28. The minimum atomic E-state index is -0.337. The highest BCUT2D eigenvalue weighted by molar-refractivity contribution is 9.10. The molecule has 6 heteroatoms. The SMILES string of the molecule is Nc1cc(-c2cc(F)cc(Br)c2OC2CCC2)[nH]n1. The van der Waals surface area contributed by atoms with Gasteiger partial charge < -0.3 is 10.5 Å². The van der Waals surface area contributed by atoms with Crippen LogP contribution in [0.1, 0.15) is 19.3 Å². The summed E-state index contributed by atoms with van der Waals surface area (Å²) in [5.41, 5.74) is 6.87. The van der Waals surface area contributed by atoms with Crippen molar-refractivity contribution in [3.63, 3.8) is 0 Å². The highest BCUT2D eigenvalue weighted by atomic mass is 79.9. The highest BCUT2D eigenvalue weighted by Crippen LogP contribution is 2.39. The lowest BCUT2D eigenvalue weighted by Crippen LogP contribution is -2.25. The first kappa shape index (κ1) is 12.5. The van der Waals surface area contributed by atoms with Gasteiger partial charge in [-0.2, -0.15) is 5.10 Å². The fourth-order valence-corrected chi connectivity index (χ4v) is 2.54. The zero-order chi connectivity index (χ0) is 13.4. The summed E-state index contributed by atoms with van der Waals surface area (Å²) in [5, 5.41) is 6.65. The van der Waals surface area contributed by atoms with Crippen molar-refractivity contribution in [2.24, 2.45) is 0 Å². The van der Waals surface area contributed by atoms with E-state index in [-0.39, 0.29) is 11.9 Å². The zero-order valence-electron chi connectivity index (χ0n) is 10.1. The molecule has 0 spiro atoms. The molecule has 100 valence electrons. The first-order chi connectivity index (χ1) is 9.13. The molecule has 0 aliphatic heterocycles. The van der Waals surface area contributed by atoms with Crippen molar-refractivity contribution in [2.45, 2.75) is 25.4 Å². The molecule has 1 aromatic heterocycles. The fourth-order valence-electron chi connectivity index (χ4n) is 2.01. The third-order valence-corrected chi connectivity index (χ3v) is 3.82. The minimum absolute atomic E-state index is 0.209. The van der Waals surface area contributed by atoms with Crippen LogP contribution in [-0.2, 0) is 0 Å². The van der Waals surface area contributed by atoms with Gasteiger partial charge in [-0.1, -0.05) is 0 Å². The van der Waals surface area contributed by atoms with Crippen LogP contribution in [0.15, 0.2) is 22.7 Å². The third kappa shape index (κ3) is 2.45. The normalized spacial score (nSPS) is 15.3. The maximum absolute atomic E-state index is 13.6. The molecule has 1 aliphatic rings. The summed E-state index contributed by atoms with van der Waals surface area (Å²) in [5.74, 6) is 0.663. The predicted molar refractivity (Wildman–Crippen MR) is 74.4 cm³/mol. The Morgan fingerprint density at radius 3 is 2.74 bits per heavy atom. The summed E-state index contributed by atoms with van der Waals surface area (Å²) >= 11 is 3.35. The molecule has 3 rings (SSSR count). The summed E-state index contributed by atoms with van der Waals surface area (Å²) in [6, 6.07) is 4.48. The van der Waals surface area contributed by atoms with Crippen molar-refractivity contribution >= 4 is 21.7 Å². The number of aromatic amines is 1. The van der Waals surface area contributed by atoms with E-state index in [4.69, 9.17) is 10.5 Å².